The van der Waals surface area contributed by atoms with Crippen molar-refractivity contribution >= 4 is 0 Å². The van der Waals surface area contributed by atoms with E-state index >= 15 is 0 Å². The first kappa shape index (κ1) is 20.9. The van der Waals surface area contributed by atoms with Gasteiger partial charge in [-0.2, -0.15) is 0 Å². The first-order chi connectivity index (χ1) is 14.2. The Morgan fingerprint density at radius 3 is 2.83 bits per heavy atom. The number of H-pyrrole nitrogens is 1. The number of hydrogen-bond acceptors (Lipinski definition) is 4. The van der Waals surface area contributed by atoms with Gasteiger partial charge in [-0.15, -0.1) is 0 Å². The number of ether oxygens (including phenoxy) is 1. The maximum Gasteiger partial charge on any atom is 0.328 e. The molecule has 1 heterocycles. The van der Waals surface area contributed by atoms with E-state index in [1.807, 2.05) is 24.4 Å². The van der Waals surface area contributed by atoms with Crippen LogP contribution in [0.1, 0.15) is 37.7 Å². The highest BCUT2D eigenvalue weighted by molar-refractivity contribution is 5.33. The molecule has 0 aliphatic heterocycles. The van der Waals surface area contributed by atoms with E-state index in [0.29, 0.717) is 6.54 Å². The zero-order valence-electron chi connectivity index (χ0n) is 16.9. The standard InChI is InChI=1S/C22H30N4O3/c23-15-19(8-4-13-26-14-11-21(27)25-22(26)28)24-12-10-18-7-1-2-9-20(18)29-16-17-5-3-6-17/h1-2,7,9,11,14-15,17,24H,3-6,8,10,12-13,16,23H2,(H,25,27,28)/p+1/b19-15-. The van der Waals surface area contributed by atoms with Crippen molar-refractivity contribution in [2.45, 2.75) is 45.1 Å². The van der Waals surface area contributed by atoms with Crippen LogP contribution in [-0.2, 0) is 13.0 Å². The first-order valence-electron chi connectivity index (χ1n) is 10.4. The summed E-state index contributed by atoms with van der Waals surface area (Å²) >= 11 is 0. The molecule has 7 nitrogen and oxygen atoms in total. The molecular formula is C22H31N4O3+. The third kappa shape index (κ3) is 6.35. The number of nitrogens with one attached hydrogen (secondary N) is 2. The fraction of sp³-hybridized carbons (Fsp3) is 0.455. The van der Waals surface area contributed by atoms with Crippen LogP contribution in [0.4, 0.5) is 0 Å². The third-order valence-corrected chi connectivity index (χ3v) is 5.41. The minimum atomic E-state index is -0.372. The molecule has 0 saturated heterocycles. The Morgan fingerprint density at radius 1 is 1.28 bits per heavy atom. The average Bonchev–Trinajstić information content (AvgIpc) is 2.68. The van der Waals surface area contributed by atoms with Gasteiger partial charge >= 0.3 is 5.69 Å². The van der Waals surface area contributed by atoms with Crippen LogP contribution < -0.4 is 27.0 Å². The molecule has 29 heavy (non-hydrogen) atoms. The summed E-state index contributed by atoms with van der Waals surface area (Å²) in [6.07, 6.45) is 9.70. The maximum absolute atomic E-state index is 11.7. The number of benzene rings is 1. The van der Waals surface area contributed by atoms with Crippen LogP contribution in [0.2, 0.25) is 0 Å². The van der Waals surface area contributed by atoms with Crippen molar-refractivity contribution in [3.63, 3.8) is 0 Å². The molecule has 7 heteroatoms. The molecule has 1 aromatic heterocycles. The second kappa shape index (κ2) is 10.7. The molecule has 0 bridgehead atoms. The quantitative estimate of drug-likeness (QED) is 0.531. The molecule has 1 aliphatic rings. The zero-order chi connectivity index (χ0) is 20.5. The zero-order valence-corrected chi connectivity index (χ0v) is 16.9. The Bertz CT molecular complexity index is 928. The van der Waals surface area contributed by atoms with Crippen molar-refractivity contribution in [2.24, 2.45) is 5.92 Å². The Morgan fingerprint density at radius 2 is 2.10 bits per heavy atom. The van der Waals surface area contributed by atoms with Gasteiger partial charge in [-0.05, 0) is 49.7 Å². The van der Waals surface area contributed by atoms with Crippen molar-refractivity contribution in [1.82, 2.24) is 14.9 Å². The van der Waals surface area contributed by atoms with Crippen LogP contribution >= 0.6 is 0 Å². The van der Waals surface area contributed by atoms with Crippen molar-refractivity contribution in [2.75, 3.05) is 13.2 Å². The predicted molar refractivity (Wildman–Crippen MR) is 113 cm³/mol. The highest BCUT2D eigenvalue weighted by atomic mass is 16.5. The van der Waals surface area contributed by atoms with Gasteiger partial charge in [0, 0.05) is 25.4 Å². The number of quaternary nitrogens is 1. The summed E-state index contributed by atoms with van der Waals surface area (Å²) < 4.78 is 7.56. The van der Waals surface area contributed by atoms with Gasteiger partial charge in [0.05, 0.1) is 12.3 Å². The van der Waals surface area contributed by atoms with E-state index in [9.17, 15) is 9.59 Å². The highest BCUT2D eigenvalue weighted by Gasteiger charge is 2.18. The van der Waals surface area contributed by atoms with Crippen molar-refractivity contribution < 1.29 is 10.5 Å². The van der Waals surface area contributed by atoms with Gasteiger partial charge in [-0.25, -0.2) is 4.79 Å². The second-order valence-electron chi connectivity index (χ2n) is 7.53. The lowest BCUT2D eigenvalue weighted by Crippen LogP contribution is -2.42. The summed E-state index contributed by atoms with van der Waals surface area (Å²) in [5.41, 5.74) is 5.40. The monoisotopic (exact) mass is 399 g/mol. The lowest BCUT2D eigenvalue weighted by molar-refractivity contribution is -0.276. The van der Waals surface area contributed by atoms with Gasteiger partial charge < -0.3 is 20.4 Å². The SMILES string of the molecule is [NH3+]/C=C(/CCCn1ccc(=O)[nH]c1=O)NCCc1ccccc1OCC1CCC1. The molecule has 1 fully saturated rings. The number of aromatic amines is 1. The van der Waals surface area contributed by atoms with Gasteiger partial charge in [-0.1, -0.05) is 24.6 Å². The molecule has 0 unspecified atom stereocenters. The largest absolute Gasteiger partial charge is 0.493 e. The van der Waals surface area contributed by atoms with Gasteiger partial charge in [0.25, 0.3) is 5.56 Å². The van der Waals surface area contributed by atoms with Crippen LogP contribution in [-0.4, -0.2) is 22.7 Å². The molecular weight excluding hydrogens is 368 g/mol. The van der Waals surface area contributed by atoms with E-state index in [1.165, 1.54) is 41.7 Å². The lowest BCUT2D eigenvalue weighted by atomic mass is 9.86. The number of para-hydroxylation sites is 1. The Hall–Kier alpha value is -2.80. The Labute approximate surface area is 170 Å². The second-order valence-corrected chi connectivity index (χ2v) is 7.53. The molecule has 0 atom stereocenters. The van der Waals surface area contributed by atoms with Crippen molar-refractivity contribution in [1.29, 1.82) is 0 Å². The lowest BCUT2D eigenvalue weighted by Gasteiger charge is -2.25. The fourth-order valence-corrected chi connectivity index (χ4v) is 3.40. The topological polar surface area (TPSA) is 104 Å². The average molecular weight is 400 g/mol. The number of aromatic nitrogens is 2. The maximum atomic E-state index is 11.7. The molecule has 0 amide bonds. The number of hydrogen-bond donors (Lipinski definition) is 3. The van der Waals surface area contributed by atoms with E-state index in [0.717, 1.165) is 49.8 Å². The summed E-state index contributed by atoms with van der Waals surface area (Å²) in [7, 11) is 0. The molecule has 156 valence electrons. The Kier molecular flexibility index (Phi) is 7.69. The molecule has 1 aromatic carbocycles. The Balaban J connectivity index is 1.42. The molecule has 1 saturated carbocycles. The molecule has 2 aromatic rings. The predicted octanol–water partition coefficient (Wildman–Crippen LogP) is 1.41. The number of nitrogens with zero attached hydrogens (tertiary/aromatic N) is 1. The number of rotatable bonds is 11. The third-order valence-electron chi connectivity index (χ3n) is 5.41. The van der Waals surface area contributed by atoms with Gasteiger partial charge in [0.2, 0.25) is 0 Å². The summed E-state index contributed by atoms with van der Waals surface area (Å²) in [5.74, 6) is 1.70. The van der Waals surface area contributed by atoms with Crippen LogP contribution in [0.3, 0.4) is 0 Å². The van der Waals surface area contributed by atoms with Crippen LogP contribution in [0.25, 0.3) is 0 Å². The molecule has 0 radical (unpaired) electrons. The molecule has 5 N–H and O–H groups in total. The van der Waals surface area contributed by atoms with E-state index in [2.05, 4.69) is 22.1 Å². The first-order valence-corrected chi connectivity index (χ1v) is 10.4. The molecule has 3 rings (SSSR count). The summed E-state index contributed by atoms with van der Waals surface area (Å²) in [6.45, 7) is 2.16. The number of aryl methyl sites for hydroxylation is 1. The summed E-state index contributed by atoms with van der Waals surface area (Å²) in [4.78, 5) is 25.1. The smallest absolute Gasteiger partial charge is 0.328 e. The minimum Gasteiger partial charge on any atom is -0.493 e. The van der Waals surface area contributed by atoms with E-state index in [4.69, 9.17) is 4.74 Å². The fourth-order valence-electron chi connectivity index (χ4n) is 3.40. The van der Waals surface area contributed by atoms with Crippen LogP contribution in [0.5, 0.6) is 5.75 Å². The van der Waals surface area contributed by atoms with Crippen molar-refractivity contribution in [3.8, 4) is 5.75 Å². The van der Waals surface area contributed by atoms with Gasteiger partial charge in [-0.3, -0.25) is 9.78 Å². The van der Waals surface area contributed by atoms with Crippen molar-refractivity contribution in [3.05, 3.63) is 74.8 Å². The molecule has 1 aliphatic carbocycles. The van der Waals surface area contributed by atoms with Crippen LogP contribution in [0, 0.1) is 5.92 Å². The van der Waals surface area contributed by atoms with E-state index in [1.54, 1.807) is 0 Å². The normalized spacial score (nSPS) is 14.4. The van der Waals surface area contributed by atoms with E-state index in [-0.39, 0.29) is 11.2 Å². The highest BCUT2D eigenvalue weighted by Crippen LogP contribution is 2.28. The minimum absolute atomic E-state index is 0.371. The summed E-state index contributed by atoms with van der Waals surface area (Å²) in [5, 5.41) is 3.44. The molecule has 0 spiro atoms. The van der Waals surface area contributed by atoms with E-state index < -0.39 is 0 Å². The summed E-state index contributed by atoms with van der Waals surface area (Å²) in [6, 6.07) is 9.60. The van der Waals surface area contributed by atoms with Crippen LogP contribution in [0.15, 0.2) is 58.0 Å². The van der Waals surface area contributed by atoms with Gasteiger partial charge in [0.1, 0.15) is 11.9 Å². The number of allylic oxidation sites excluding steroid dienone is 1. The van der Waals surface area contributed by atoms with Gasteiger partial charge in [0.15, 0.2) is 0 Å².